The van der Waals surface area contributed by atoms with E-state index in [9.17, 15) is 4.79 Å². The Morgan fingerprint density at radius 3 is 2.84 bits per heavy atom. The fourth-order valence-electron chi connectivity index (χ4n) is 2.02. The van der Waals surface area contributed by atoms with Gasteiger partial charge in [-0.05, 0) is 26.3 Å². The van der Waals surface area contributed by atoms with Crippen molar-refractivity contribution in [2.24, 2.45) is 11.1 Å². The molecule has 5 nitrogen and oxygen atoms in total. The third-order valence-electron chi connectivity index (χ3n) is 3.76. The summed E-state index contributed by atoms with van der Waals surface area (Å²) in [6, 6.07) is 1.82. The Balaban J connectivity index is 2.25. The normalized spacial score (nSPS) is 26.2. The summed E-state index contributed by atoms with van der Waals surface area (Å²) >= 11 is 1.42. The first kappa shape index (κ1) is 14.0. The molecular weight excluding hydrogens is 262 g/mol. The summed E-state index contributed by atoms with van der Waals surface area (Å²) in [5, 5.41) is 12.6. The van der Waals surface area contributed by atoms with Gasteiger partial charge in [0.15, 0.2) is 0 Å². The second-order valence-corrected chi connectivity index (χ2v) is 6.32. The summed E-state index contributed by atoms with van der Waals surface area (Å²) in [5.41, 5.74) is 6.64. The maximum atomic E-state index is 12.4. The predicted octanol–water partition coefficient (Wildman–Crippen LogP) is 1.54. The molecule has 6 heteroatoms. The monoisotopic (exact) mass is 279 g/mol. The van der Waals surface area contributed by atoms with E-state index in [-0.39, 0.29) is 11.9 Å². The highest BCUT2D eigenvalue weighted by Crippen LogP contribution is 2.34. The highest BCUT2D eigenvalue weighted by Gasteiger charge is 2.44. The molecule has 1 aromatic heterocycles. The Labute approximate surface area is 116 Å². The fourth-order valence-corrected chi connectivity index (χ4v) is 3.02. The molecule has 1 aromatic rings. The van der Waals surface area contributed by atoms with Crippen LogP contribution in [0, 0.1) is 30.6 Å². The van der Waals surface area contributed by atoms with Crippen LogP contribution < -0.4 is 11.1 Å². The van der Waals surface area contributed by atoms with Crippen LogP contribution in [0.2, 0.25) is 0 Å². The van der Waals surface area contributed by atoms with E-state index >= 15 is 0 Å². The lowest BCUT2D eigenvalue weighted by atomic mass is 9.85. The first-order chi connectivity index (χ1) is 8.90. The number of hydrogen-bond acceptors (Lipinski definition) is 5. The summed E-state index contributed by atoms with van der Waals surface area (Å²) in [6.45, 7) is 6.30. The first-order valence-corrected chi connectivity index (χ1v) is 6.86. The Hall–Kier alpha value is -1.42. The Kier molecular flexibility index (Phi) is 3.63. The quantitative estimate of drug-likeness (QED) is 0.859. The highest BCUT2D eigenvalue weighted by molar-refractivity contribution is 7.16. The van der Waals surface area contributed by atoms with Crippen LogP contribution in [0.1, 0.15) is 22.9 Å². The minimum Gasteiger partial charge on any atom is -0.379 e. The van der Waals surface area contributed by atoms with Crippen LogP contribution in [-0.4, -0.2) is 25.2 Å². The lowest BCUT2D eigenvalue weighted by Crippen LogP contribution is -2.47. The van der Waals surface area contributed by atoms with E-state index in [1.165, 1.54) is 11.3 Å². The van der Waals surface area contributed by atoms with E-state index in [2.05, 4.69) is 11.4 Å². The van der Waals surface area contributed by atoms with Gasteiger partial charge >= 0.3 is 0 Å². The van der Waals surface area contributed by atoms with Gasteiger partial charge < -0.3 is 15.8 Å². The Morgan fingerprint density at radius 1 is 1.63 bits per heavy atom. The lowest BCUT2D eigenvalue weighted by molar-refractivity contribution is -0.125. The van der Waals surface area contributed by atoms with Gasteiger partial charge in [0.2, 0.25) is 5.91 Å². The molecule has 0 spiro atoms. The number of thiophene rings is 1. The van der Waals surface area contributed by atoms with Crippen LogP contribution in [0.5, 0.6) is 0 Å². The number of rotatable bonds is 2. The van der Waals surface area contributed by atoms with Gasteiger partial charge in [-0.1, -0.05) is 0 Å². The van der Waals surface area contributed by atoms with Crippen LogP contribution in [0.15, 0.2) is 0 Å². The van der Waals surface area contributed by atoms with E-state index in [1.54, 1.807) is 6.92 Å². The molecule has 1 saturated heterocycles. The maximum absolute atomic E-state index is 12.4. The smallest absolute Gasteiger partial charge is 0.234 e. The number of nitrogens with two attached hydrogens (primary N) is 1. The zero-order valence-electron chi connectivity index (χ0n) is 11.2. The summed E-state index contributed by atoms with van der Waals surface area (Å²) in [5.74, 6) is -0.185. The second kappa shape index (κ2) is 4.93. The standard InChI is InChI=1S/C13H17N3O2S/c1-7-8(2)19-11(9(7)4-14)16-12(17)13(3)6-18-5-10(13)15/h10H,5-6,15H2,1-3H3,(H,16,17). The van der Waals surface area contributed by atoms with Gasteiger partial charge in [-0.15, -0.1) is 11.3 Å². The van der Waals surface area contributed by atoms with Crippen LogP contribution in [0.3, 0.4) is 0 Å². The molecule has 0 aliphatic carbocycles. The SMILES string of the molecule is Cc1sc(NC(=O)C2(C)COCC2N)c(C#N)c1C. The number of hydrogen-bond donors (Lipinski definition) is 2. The molecule has 2 unspecified atom stereocenters. The number of carbonyl (C=O) groups excluding carboxylic acids is 1. The molecule has 0 bridgehead atoms. The van der Waals surface area contributed by atoms with Crippen molar-refractivity contribution in [2.75, 3.05) is 18.5 Å². The molecule has 0 saturated carbocycles. The topological polar surface area (TPSA) is 88.1 Å². The zero-order valence-corrected chi connectivity index (χ0v) is 12.1. The molecule has 1 amide bonds. The minimum absolute atomic E-state index is 0.185. The van der Waals surface area contributed by atoms with Crippen LogP contribution in [0.4, 0.5) is 5.00 Å². The van der Waals surface area contributed by atoms with Gasteiger partial charge in [0.05, 0.1) is 24.2 Å². The van der Waals surface area contributed by atoms with Gasteiger partial charge in [0.1, 0.15) is 11.1 Å². The average Bonchev–Trinajstić information content (AvgIpc) is 2.83. The van der Waals surface area contributed by atoms with Crippen molar-refractivity contribution in [2.45, 2.75) is 26.8 Å². The number of carbonyl (C=O) groups is 1. The van der Waals surface area contributed by atoms with Crippen molar-refractivity contribution >= 4 is 22.2 Å². The van der Waals surface area contributed by atoms with Crippen molar-refractivity contribution in [3.8, 4) is 6.07 Å². The molecular formula is C13H17N3O2S. The molecule has 0 aromatic carbocycles. The van der Waals surface area contributed by atoms with E-state index in [1.807, 2.05) is 13.8 Å². The zero-order chi connectivity index (χ0) is 14.2. The molecule has 2 rings (SSSR count). The molecule has 1 fully saturated rings. The summed E-state index contributed by atoms with van der Waals surface area (Å²) in [6.07, 6.45) is 0. The van der Waals surface area contributed by atoms with Gasteiger partial charge in [-0.2, -0.15) is 5.26 Å². The number of aryl methyl sites for hydroxylation is 1. The van der Waals surface area contributed by atoms with E-state index in [0.29, 0.717) is 23.8 Å². The summed E-state index contributed by atoms with van der Waals surface area (Å²) < 4.78 is 5.27. The van der Waals surface area contributed by atoms with Crippen LogP contribution in [0.25, 0.3) is 0 Å². The van der Waals surface area contributed by atoms with Crippen molar-refractivity contribution < 1.29 is 9.53 Å². The van der Waals surface area contributed by atoms with Gasteiger partial charge in [0, 0.05) is 10.9 Å². The molecule has 1 aliphatic rings. The molecule has 3 N–H and O–H groups in total. The average molecular weight is 279 g/mol. The highest BCUT2D eigenvalue weighted by atomic mass is 32.1. The number of nitrogens with one attached hydrogen (secondary N) is 1. The Morgan fingerprint density at radius 2 is 2.32 bits per heavy atom. The van der Waals surface area contributed by atoms with E-state index in [4.69, 9.17) is 15.7 Å². The van der Waals surface area contributed by atoms with Crippen molar-refractivity contribution in [1.29, 1.82) is 5.26 Å². The number of anilines is 1. The number of ether oxygens (including phenoxy) is 1. The second-order valence-electron chi connectivity index (χ2n) is 5.09. The van der Waals surface area contributed by atoms with Gasteiger partial charge in [-0.25, -0.2) is 0 Å². The molecule has 2 atom stereocenters. The number of nitrogens with zero attached hydrogens (tertiary/aromatic N) is 1. The van der Waals surface area contributed by atoms with E-state index in [0.717, 1.165) is 10.4 Å². The molecule has 0 radical (unpaired) electrons. The van der Waals surface area contributed by atoms with Crippen LogP contribution >= 0.6 is 11.3 Å². The van der Waals surface area contributed by atoms with Crippen LogP contribution in [-0.2, 0) is 9.53 Å². The van der Waals surface area contributed by atoms with Gasteiger partial charge in [-0.3, -0.25) is 4.79 Å². The largest absolute Gasteiger partial charge is 0.379 e. The summed E-state index contributed by atoms with van der Waals surface area (Å²) in [4.78, 5) is 13.4. The number of amides is 1. The third kappa shape index (κ3) is 2.25. The lowest BCUT2D eigenvalue weighted by Gasteiger charge is -2.25. The minimum atomic E-state index is -0.738. The van der Waals surface area contributed by atoms with Crippen molar-refractivity contribution in [3.05, 3.63) is 16.0 Å². The van der Waals surface area contributed by atoms with Gasteiger partial charge in [0.25, 0.3) is 0 Å². The summed E-state index contributed by atoms with van der Waals surface area (Å²) in [7, 11) is 0. The molecule has 2 heterocycles. The fraction of sp³-hybridized carbons (Fsp3) is 0.538. The van der Waals surface area contributed by atoms with E-state index < -0.39 is 5.41 Å². The maximum Gasteiger partial charge on any atom is 0.234 e. The molecule has 1 aliphatic heterocycles. The van der Waals surface area contributed by atoms with Crippen molar-refractivity contribution in [3.63, 3.8) is 0 Å². The molecule has 19 heavy (non-hydrogen) atoms. The predicted molar refractivity (Wildman–Crippen MR) is 74.0 cm³/mol. The third-order valence-corrected chi connectivity index (χ3v) is 4.88. The first-order valence-electron chi connectivity index (χ1n) is 6.05. The number of nitriles is 1. The Bertz CT molecular complexity index is 561. The molecule has 102 valence electrons. The van der Waals surface area contributed by atoms with Crippen molar-refractivity contribution in [1.82, 2.24) is 0 Å².